The fraction of sp³-hybridized carbons (Fsp3) is 0.370. The maximum absolute atomic E-state index is 13.7. The lowest BCUT2D eigenvalue weighted by Gasteiger charge is -2.43. The molecule has 2 atom stereocenters. The number of nitrogens with one attached hydrogen (secondary N) is 1. The monoisotopic (exact) mass is 531 g/mol. The molecule has 2 amide bonds. The molecule has 0 aliphatic carbocycles. The first-order chi connectivity index (χ1) is 18.1. The Bertz CT molecular complexity index is 1270. The summed E-state index contributed by atoms with van der Waals surface area (Å²) < 4.78 is 45.8. The first-order valence-electron chi connectivity index (χ1n) is 12.3. The molecular formula is C27H28F3N3O5. The number of ether oxygens (including phenoxy) is 1. The van der Waals surface area contributed by atoms with Gasteiger partial charge in [-0.15, -0.1) is 0 Å². The summed E-state index contributed by atoms with van der Waals surface area (Å²) >= 11 is 0. The quantitative estimate of drug-likeness (QED) is 0.320. The zero-order chi connectivity index (χ0) is 27.4. The minimum Gasteiger partial charge on any atom is -0.488 e. The summed E-state index contributed by atoms with van der Waals surface area (Å²) in [5.41, 5.74) is 7.71. The van der Waals surface area contributed by atoms with Gasteiger partial charge in [-0.3, -0.25) is 9.59 Å². The largest absolute Gasteiger partial charge is 0.488 e. The van der Waals surface area contributed by atoms with Crippen LogP contribution in [0.25, 0.3) is 5.57 Å². The van der Waals surface area contributed by atoms with Crippen molar-refractivity contribution in [3.8, 4) is 5.75 Å². The molecular weight excluding hydrogens is 503 g/mol. The second-order valence-corrected chi connectivity index (χ2v) is 9.40. The number of aryl methyl sites for hydroxylation is 1. The Balaban J connectivity index is 1.40. The molecule has 0 aromatic heterocycles. The topological polar surface area (TPSA) is 122 Å². The number of carboxylic acid groups (broad SMARTS) is 1. The predicted molar refractivity (Wildman–Crippen MR) is 131 cm³/mol. The van der Waals surface area contributed by atoms with Crippen molar-refractivity contribution in [2.24, 2.45) is 5.73 Å². The summed E-state index contributed by atoms with van der Waals surface area (Å²) in [7, 11) is 0. The van der Waals surface area contributed by atoms with Crippen molar-refractivity contribution in [3.63, 3.8) is 0 Å². The zero-order valence-electron chi connectivity index (χ0n) is 20.5. The third-order valence-corrected chi connectivity index (χ3v) is 6.73. The zero-order valence-corrected chi connectivity index (χ0v) is 20.5. The molecule has 4 rings (SSSR count). The van der Waals surface area contributed by atoms with Gasteiger partial charge in [-0.1, -0.05) is 24.3 Å². The molecule has 0 saturated carbocycles. The van der Waals surface area contributed by atoms with E-state index >= 15 is 0 Å². The Morgan fingerprint density at radius 3 is 2.42 bits per heavy atom. The van der Waals surface area contributed by atoms with Crippen molar-refractivity contribution in [1.29, 1.82) is 0 Å². The van der Waals surface area contributed by atoms with Gasteiger partial charge in [0.1, 0.15) is 0 Å². The van der Waals surface area contributed by atoms with Crippen molar-refractivity contribution in [2.75, 3.05) is 19.7 Å². The van der Waals surface area contributed by atoms with E-state index in [-0.39, 0.29) is 43.5 Å². The second-order valence-electron chi connectivity index (χ2n) is 9.40. The van der Waals surface area contributed by atoms with E-state index in [1.807, 2.05) is 24.3 Å². The average molecular weight is 532 g/mol. The number of fused-ring (bicyclic) bond motifs is 2. The maximum Gasteiger partial charge on any atom is 0.333 e. The molecule has 1 saturated heterocycles. The number of nitrogens with two attached hydrogens (primary N) is 1. The van der Waals surface area contributed by atoms with E-state index in [2.05, 4.69) is 5.32 Å². The minimum atomic E-state index is -1.36. The van der Waals surface area contributed by atoms with Gasteiger partial charge in [0, 0.05) is 32.0 Å². The second kappa shape index (κ2) is 11.7. The Hall–Kier alpha value is -3.86. The van der Waals surface area contributed by atoms with Crippen LogP contribution in [0.2, 0.25) is 0 Å². The number of primary amides is 1. The van der Waals surface area contributed by atoms with Crippen LogP contribution in [0, 0.1) is 17.5 Å². The number of nitrogens with zero attached hydrogens (tertiary/aromatic N) is 1. The predicted octanol–water partition coefficient (Wildman–Crippen LogP) is 2.79. The van der Waals surface area contributed by atoms with Crippen molar-refractivity contribution < 1.29 is 37.4 Å². The van der Waals surface area contributed by atoms with Gasteiger partial charge in [0.2, 0.25) is 17.6 Å². The number of piperazine rings is 1. The normalized spacial score (nSPS) is 18.9. The van der Waals surface area contributed by atoms with E-state index in [9.17, 15) is 32.7 Å². The van der Waals surface area contributed by atoms with Crippen molar-refractivity contribution >= 4 is 23.4 Å². The highest BCUT2D eigenvalue weighted by Gasteiger charge is 2.39. The summed E-state index contributed by atoms with van der Waals surface area (Å²) in [5, 5.41) is 13.3. The van der Waals surface area contributed by atoms with E-state index in [4.69, 9.17) is 10.5 Å². The third kappa shape index (κ3) is 6.16. The van der Waals surface area contributed by atoms with Crippen LogP contribution in [-0.2, 0) is 20.8 Å². The summed E-state index contributed by atoms with van der Waals surface area (Å²) in [6, 6.07) is 8.18. The number of carbonyl (C=O) groups is 3. The van der Waals surface area contributed by atoms with Gasteiger partial charge in [-0.25, -0.2) is 13.6 Å². The molecule has 2 unspecified atom stereocenters. The van der Waals surface area contributed by atoms with Gasteiger partial charge in [0.15, 0.2) is 17.4 Å². The lowest BCUT2D eigenvalue weighted by Crippen LogP contribution is -2.61. The lowest BCUT2D eigenvalue weighted by atomic mass is 9.83. The molecule has 4 N–H and O–H groups in total. The number of hydrogen-bond acceptors (Lipinski definition) is 5. The van der Waals surface area contributed by atoms with Crippen molar-refractivity contribution in [2.45, 2.75) is 44.2 Å². The van der Waals surface area contributed by atoms with Crippen LogP contribution in [0.5, 0.6) is 5.75 Å². The molecule has 2 aromatic carbocycles. The molecule has 2 heterocycles. The highest BCUT2D eigenvalue weighted by molar-refractivity contribution is 5.99. The van der Waals surface area contributed by atoms with Crippen LogP contribution >= 0.6 is 0 Å². The fourth-order valence-electron chi connectivity index (χ4n) is 4.92. The van der Waals surface area contributed by atoms with E-state index in [1.165, 1.54) is 0 Å². The maximum atomic E-state index is 13.7. The van der Waals surface area contributed by atoms with E-state index < -0.39 is 41.1 Å². The molecule has 38 heavy (non-hydrogen) atoms. The van der Waals surface area contributed by atoms with Gasteiger partial charge in [-0.2, -0.15) is 4.39 Å². The number of halogens is 3. The van der Waals surface area contributed by atoms with E-state index in [0.29, 0.717) is 37.4 Å². The van der Waals surface area contributed by atoms with Crippen LogP contribution < -0.4 is 15.8 Å². The molecule has 2 aliphatic rings. The van der Waals surface area contributed by atoms with Crippen LogP contribution in [0.1, 0.15) is 36.8 Å². The molecule has 8 nitrogen and oxygen atoms in total. The summed E-state index contributed by atoms with van der Waals surface area (Å²) in [6.45, 7) is 0.565. The third-order valence-electron chi connectivity index (χ3n) is 6.73. The highest BCUT2D eigenvalue weighted by atomic mass is 19.2. The first kappa shape index (κ1) is 27.2. The number of aliphatic carboxylic acids is 1. The molecule has 202 valence electrons. The average Bonchev–Trinajstić information content (AvgIpc) is 2.88. The molecule has 0 radical (unpaired) electrons. The summed E-state index contributed by atoms with van der Waals surface area (Å²) in [5.74, 6) is -6.12. The number of amides is 2. The van der Waals surface area contributed by atoms with E-state index in [1.54, 1.807) is 4.90 Å². The van der Waals surface area contributed by atoms with Crippen molar-refractivity contribution in [1.82, 2.24) is 10.2 Å². The smallest absolute Gasteiger partial charge is 0.333 e. The molecule has 1 fully saturated rings. The van der Waals surface area contributed by atoms with Crippen LogP contribution in [-0.4, -0.2) is 59.6 Å². The number of benzene rings is 2. The Kier molecular flexibility index (Phi) is 8.35. The van der Waals surface area contributed by atoms with Gasteiger partial charge in [-0.05, 0) is 48.1 Å². The molecule has 2 bridgehead atoms. The minimum absolute atomic E-state index is 0.00757. The van der Waals surface area contributed by atoms with Crippen molar-refractivity contribution in [3.05, 3.63) is 70.5 Å². The number of rotatable bonds is 10. The van der Waals surface area contributed by atoms with Gasteiger partial charge in [0.25, 0.3) is 0 Å². The van der Waals surface area contributed by atoms with Gasteiger partial charge in [0.05, 0.1) is 18.2 Å². The number of hydrogen-bond donors (Lipinski definition) is 3. The SMILES string of the molecule is NC(=O)CCC(=O)N1CC2CC(c3ccc(CCCOc4c(F)ccc(F)c4F)cc3)=C(C(=O)O)C(C1)N2. The summed E-state index contributed by atoms with van der Waals surface area (Å²) in [6.07, 6.45) is 1.30. The van der Waals surface area contributed by atoms with Crippen LogP contribution in [0.15, 0.2) is 42.0 Å². The lowest BCUT2D eigenvalue weighted by molar-refractivity contribution is -0.136. The Morgan fingerprint density at radius 2 is 1.74 bits per heavy atom. The highest BCUT2D eigenvalue weighted by Crippen LogP contribution is 2.33. The van der Waals surface area contributed by atoms with Crippen LogP contribution in [0.3, 0.4) is 0 Å². The van der Waals surface area contributed by atoms with Crippen LogP contribution in [0.4, 0.5) is 13.2 Å². The Morgan fingerprint density at radius 1 is 1.03 bits per heavy atom. The standard InChI is InChI=1S/C27H28F3N3O5/c28-19-7-8-20(29)26(25(19)30)38-11-1-2-15-3-5-16(6-4-15)18-12-17-13-33(23(35)10-9-22(31)34)14-21(32-17)24(18)27(36)37/h3-8,17,21,32H,1-2,9-14H2,(H2,31,34)(H,36,37). The van der Waals surface area contributed by atoms with Gasteiger partial charge < -0.3 is 25.8 Å². The molecule has 11 heteroatoms. The molecule has 2 aliphatic heterocycles. The van der Waals surface area contributed by atoms with Gasteiger partial charge >= 0.3 is 5.97 Å². The number of carboxylic acids is 1. The summed E-state index contributed by atoms with van der Waals surface area (Å²) in [4.78, 5) is 37.3. The fourth-order valence-corrected chi connectivity index (χ4v) is 4.92. The first-order valence-corrected chi connectivity index (χ1v) is 12.3. The number of carbonyl (C=O) groups excluding carboxylic acids is 2. The molecule has 2 aromatic rings. The molecule has 0 spiro atoms. The Labute approximate surface area is 217 Å². The van der Waals surface area contributed by atoms with E-state index in [0.717, 1.165) is 17.2 Å².